The molecule has 1 N–H and O–H groups in total. The van der Waals surface area contributed by atoms with Crippen molar-refractivity contribution in [3.8, 4) is 6.07 Å². The minimum atomic E-state index is -0.816. The highest BCUT2D eigenvalue weighted by Crippen LogP contribution is 2.35. The molecule has 26 heavy (non-hydrogen) atoms. The van der Waals surface area contributed by atoms with E-state index in [2.05, 4.69) is 11.4 Å². The minimum Gasteiger partial charge on any atom is -0.452 e. The Morgan fingerprint density at radius 1 is 1.35 bits per heavy atom. The molecule has 3 rings (SSSR count). The number of carbonyl (C=O) groups excluding carboxylic acids is 2. The summed E-state index contributed by atoms with van der Waals surface area (Å²) in [5, 5.41) is 13.4. The van der Waals surface area contributed by atoms with Crippen molar-refractivity contribution in [3.05, 3.63) is 40.2 Å². The van der Waals surface area contributed by atoms with Crippen molar-refractivity contribution in [2.75, 3.05) is 6.61 Å². The van der Waals surface area contributed by atoms with Crippen LogP contribution in [0.3, 0.4) is 0 Å². The summed E-state index contributed by atoms with van der Waals surface area (Å²) in [6, 6.07) is 9.87. The molecule has 0 saturated heterocycles. The average molecular weight is 389 g/mol. The first-order valence-electron chi connectivity index (χ1n) is 8.27. The number of hydrogen-bond acceptors (Lipinski definition) is 5. The van der Waals surface area contributed by atoms with Crippen molar-refractivity contribution in [1.82, 2.24) is 5.32 Å². The quantitative estimate of drug-likeness (QED) is 0.618. The highest BCUT2D eigenvalue weighted by atomic mass is 35.5. The fourth-order valence-electron chi connectivity index (χ4n) is 3.01. The molecule has 0 unspecified atom stereocenters. The van der Waals surface area contributed by atoms with Gasteiger partial charge < -0.3 is 10.1 Å². The van der Waals surface area contributed by atoms with E-state index in [1.54, 1.807) is 6.08 Å². The Morgan fingerprint density at radius 3 is 2.77 bits per heavy atom. The topological polar surface area (TPSA) is 79.2 Å². The number of nitrogens with zero attached hydrogens (tertiary/aromatic N) is 1. The molecule has 0 bridgehead atoms. The molecule has 1 aromatic carbocycles. The Hall–Kier alpha value is -2.36. The van der Waals surface area contributed by atoms with Gasteiger partial charge in [0.25, 0.3) is 5.91 Å². The minimum absolute atomic E-state index is 0.410. The van der Waals surface area contributed by atoms with Gasteiger partial charge in [0.2, 0.25) is 0 Å². The zero-order chi connectivity index (χ0) is 18.6. The number of nitriles is 1. The summed E-state index contributed by atoms with van der Waals surface area (Å²) in [4.78, 5) is 24.5. The molecule has 0 radical (unpaired) electrons. The first-order valence-corrected chi connectivity index (χ1v) is 9.47. The molecular weight excluding hydrogens is 372 g/mol. The molecule has 1 amide bonds. The normalized spacial score (nSPS) is 15.8. The van der Waals surface area contributed by atoms with E-state index in [-0.39, 0.29) is 0 Å². The number of thiophene rings is 1. The van der Waals surface area contributed by atoms with Gasteiger partial charge in [-0.1, -0.05) is 29.8 Å². The summed E-state index contributed by atoms with van der Waals surface area (Å²) < 4.78 is 5.98. The number of benzene rings is 1. The van der Waals surface area contributed by atoms with Crippen LogP contribution in [-0.4, -0.2) is 24.0 Å². The van der Waals surface area contributed by atoms with Gasteiger partial charge in [-0.15, -0.1) is 11.3 Å². The third kappa shape index (κ3) is 4.06. The van der Waals surface area contributed by atoms with Crippen molar-refractivity contribution in [2.24, 2.45) is 0 Å². The molecule has 2 aromatic rings. The number of nitrogens with one attached hydrogen (secondary N) is 1. The molecule has 1 aromatic heterocycles. The van der Waals surface area contributed by atoms with Crippen LogP contribution in [0.1, 0.15) is 30.6 Å². The van der Waals surface area contributed by atoms with Crippen LogP contribution in [0.4, 0.5) is 0 Å². The number of ether oxygens (including phenoxy) is 1. The third-order valence-corrected chi connectivity index (χ3v) is 5.98. The average Bonchev–Trinajstić information content (AvgIpc) is 3.24. The Kier molecular flexibility index (Phi) is 5.60. The van der Waals surface area contributed by atoms with E-state index in [0.717, 1.165) is 27.8 Å². The lowest BCUT2D eigenvalue weighted by atomic mass is 10.00. The first-order chi connectivity index (χ1) is 12.5. The zero-order valence-corrected chi connectivity index (χ0v) is 15.5. The molecule has 1 fully saturated rings. The SMILES string of the molecule is N#CC1(NC(=O)COC(=O)/C=C/c2sc3ccccc3c2Cl)CCCC1. The molecule has 0 spiro atoms. The number of fused-ring (bicyclic) bond motifs is 1. The van der Waals surface area contributed by atoms with Gasteiger partial charge >= 0.3 is 5.97 Å². The molecule has 7 heteroatoms. The second kappa shape index (κ2) is 7.90. The summed E-state index contributed by atoms with van der Waals surface area (Å²) in [5.74, 6) is -1.10. The predicted molar refractivity (Wildman–Crippen MR) is 102 cm³/mol. The van der Waals surface area contributed by atoms with Crippen LogP contribution in [0.15, 0.2) is 30.3 Å². The first kappa shape index (κ1) is 18.4. The van der Waals surface area contributed by atoms with Crippen molar-refractivity contribution in [2.45, 2.75) is 31.2 Å². The van der Waals surface area contributed by atoms with Crippen LogP contribution >= 0.6 is 22.9 Å². The van der Waals surface area contributed by atoms with Crippen LogP contribution in [0.2, 0.25) is 5.02 Å². The summed E-state index contributed by atoms with van der Waals surface area (Å²) in [6.45, 7) is -0.410. The van der Waals surface area contributed by atoms with Crippen LogP contribution in [0.5, 0.6) is 0 Å². The molecule has 0 atom stereocenters. The predicted octanol–water partition coefficient (Wildman–Crippen LogP) is 4.06. The maximum absolute atomic E-state index is 11.9. The fraction of sp³-hybridized carbons (Fsp3) is 0.316. The van der Waals surface area contributed by atoms with Crippen molar-refractivity contribution in [1.29, 1.82) is 5.26 Å². The van der Waals surface area contributed by atoms with Crippen LogP contribution in [0.25, 0.3) is 16.2 Å². The largest absolute Gasteiger partial charge is 0.452 e. The number of hydrogen-bond donors (Lipinski definition) is 1. The molecule has 5 nitrogen and oxygen atoms in total. The Morgan fingerprint density at radius 2 is 2.08 bits per heavy atom. The smallest absolute Gasteiger partial charge is 0.331 e. The lowest BCUT2D eigenvalue weighted by Gasteiger charge is -2.21. The summed E-state index contributed by atoms with van der Waals surface area (Å²) in [7, 11) is 0. The van der Waals surface area contributed by atoms with Crippen LogP contribution < -0.4 is 5.32 Å². The third-order valence-electron chi connectivity index (χ3n) is 4.33. The van der Waals surface area contributed by atoms with E-state index in [1.807, 2.05) is 24.3 Å². The number of esters is 1. The fourth-order valence-corrected chi connectivity index (χ4v) is 4.41. The monoisotopic (exact) mass is 388 g/mol. The van der Waals surface area contributed by atoms with Crippen molar-refractivity contribution < 1.29 is 14.3 Å². The molecule has 1 saturated carbocycles. The van der Waals surface area contributed by atoms with E-state index < -0.39 is 24.0 Å². The standard InChI is InChI=1S/C19H17ClN2O3S/c20-18-13-5-1-2-6-14(13)26-15(18)7-8-17(24)25-11-16(23)22-19(12-21)9-3-4-10-19/h1-2,5-8H,3-4,9-11H2,(H,22,23)/b8-7+. The molecule has 134 valence electrons. The highest BCUT2D eigenvalue weighted by Gasteiger charge is 2.35. The van der Waals surface area contributed by atoms with E-state index in [4.69, 9.17) is 16.3 Å². The lowest BCUT2D eigenvalue weighted by Crippen LogP contribution is -2.46. The Bertz CT molecular complexity index is 907. The Labute approximate surface area is 160 Å². The van der Waals surface area contributed by atoms with E-state index in [0.29, 0.717) is 17.9 Å². The van der Waals surface area contributed by atoms with Gasteiger partial charge in [-0.2, -0.15) is 5.26 Å². The van der Waals surface area contributed by atoms with Crippen molar-refractivity contribution >= 4 is 51.0 Å². The second-order valence-corrected chi connectivity index (χ2v) is 7.63. The molecular formula is C19H17ClN2O3S. The van der Waals surface area contributed by atoms with Gasteiger partial charge in [0.1, 0.15) is 5.54 Å². The molecule has 1 heterocycles. The molecule has 1 aliphatic rings. The summed E-state index contributed by atoms with van der Waals surface area (Å²) >= 11 is 7.78. The maximum atomic E-state index is 11.9. The summed E-state index contributed by atoms with van der Waals surface area (Å²) in [5.41, 5.74) is -0.816. The van der Waals surface area contributed by atoms with Gasteiger partial charge in [0.15, 0.2) is 6.61 Å². The number of carbonyl (C=O) groups is 2. The lowest BCUT2D eigenvalue weighted by molar-refractivity contribution is -0.144. The maximum Gasteiger partial charge on any atom is 0.331 e. The van der Waals surface area contributed by atoms with Gasteiger partial charge in [0.05, 0.1) is 11.1 Å². The summed E-state index contributed by atoms with van der Waals surface area (Å²) in [6.07, 6.45) is 5.92. The molecule has 1 aliphatic carbocycles. The van der Waals surface area contributed by atoms with Gasteiger partial charge in [-0.05, 0) is 37.8 Å². The van der Waals surface area contributed by atoms with E-state index >= 15 is 0 Å². The van der Waals surface area contributed by atoms with Crippen LogP contribution in [-0.2, 0) is 14.3 Å². The Balaban J connectivity index is 1.55. The number of amides is 1. The van der Waals surface area contributed by atoms with Crippen LogP contribution in [0, 0.1) is 11.3 Å². The molecule has 0 aliphatic heterocycles. The highest BCUT2D eigenvalue weighted by molar-refractivity contribution is 7.20. The zero-order valence-electron chi connectivity index (χ0n) is 14.0. The van der Waals surface area contributed by atoms with Crippen molar-refractivity contribution in [3.63, 3.8) is 0 Å². The van der Waals surface area contributed by atoms with E-state index in [1.165, 1.54) is 17.4 Å². The van der Waals surface area contributed by atoms with Gasteiger partial charge in [-0.3, -0.25) is 4.79 Å². The second-order valence-electron chi connectivity index (χ2n) is 6.17. The van der Waals surface area contributed by atoms with Gasteiger partial charge in [0, 0.05) is 21.0 Å². The number of halogens is 1. The van der Waals surface area contributed by atoms with E-state index in [9.17, 15) is 14.9 Å². The number of rotatable bonds is 5. The van der Waals surface area contributed by atoms with Gasteiger partial charge in [-0.25, -0.2) is 4.79 Å².